The third-order valence-corrected chi connectivity index (χ3v) is 6.30. The topological polar surface area (TPSA) is 90.2 Å². The Hall–Kier alpha value is -3.15. The van der Waals surface area contributed by atoms with Crippen molar-refractivity contribution in [3.8, 4) is 5.75 Å². The molecule has 0 aliphatic carbocycles. The number of halogens is 2. The number of nitrogens with one attached hydrogen (secondary N) is 1. The number of fused-ring (bicyclic) bond motifs is 1. The van der Waals surface area contributed by atoms with E-state index in [0.717, 1.165) is 31.2 Å². The number of hydrogen-bond acceptors (Lipinski definition) is 7. The lowest BCUT2D eigenvalue weighted by Gasteiger charge is -2.26. The lowest BCUT2D eigenvalue weighted by Crippen LogP contribution is -2.38. The molecule has 2 saturated heterocycles. The maximum absolute atomic E-state index is 13.2. The van der Waals surface area contributed by atoms with Crippen LogP contribution in [-0.4, -0.2) is 77.1 Å². The molecule has 1 aromatic carbocycles. The molecule has 11 heteroatoms. The van der Waals surface area contributed by atoms with E-state index in [1.54, 1.807) is 16.9 Å². The van der Waals surface area contributed by atoms with Gasteiger partial charge in [-0.25, -0.2) is 4.39 Å². The third-order valence-electron chi connectivity index (χ3n) is 6.30. The number of anilines is 1. The van der Waals surface area contributed by atoms with Gasteiger partial charge >= 0.3 is 0 Å². The van der Waals surface area contributed by atoms with E-state index in [1.807, 2.05) is 32.9 Å². The Labute approximate surface area is 222 Å². The number of benzene rings is 1. The maximum atomic E-state index is 13.2. The molecule has 4 heterocycles. The molecule has 5 rings (SSSR count). The van der Waals surface area contributed by atoms with Crippen LogP contribution in [0.15, 0.2) is 42.9 Å². The summed E-state index contributed by atoms with van der Waals surface area (Å²) >= 11 is 0. The molecule has 2 fully saturated rings. The molecule has 2 aliphatic rings. The first-order valence-electron chi connectivity index (χ1n) is 13.0. The van der Waals surface area contributed by atoms with Gasteiger partial charge in [-0.15, -0.1) is 10.2 Å². The van der Waals surface area contributed by atoms with Crippen LogP contribution in [0.3, 0.4) is 0 Å². The second-order valence-corrected chi connectivity index (χ2v) is 8.90. The van der Waals surface area contributed by atoms with Crippen molar-refractivity contribution in [1.82, 2.24) is 19.5 Å². The normalized spacial score (nSPS) is 21.2. The molecule has 0 bridgehead atoms. The summed E-state index contributed by atoms with van der Waals surface area (Å²) in [6, 6.07) is 7.55. The van der Waals surface area contributed by atoms with Crippen LogP contribution in [0.25, 0.3) is 5.65 Å². The standard InChI is InChI=1S/C13H16N4O2.C12H15F2NO2.C2H6/c1-8-5-11(19-9(8)2)13(18)15-10-3-4-12-16-14-7-17(12)6-10;13-10-2-1-3-11(12(10)14)17-9-6-15-4-7-16-8-5-15;1-2/h3-4,6-9,11H,5H2,1-2H3,(H,15,18);1-3H,4-9H2;1-2H3. The van der Waals surface area contributed by atoms with Crippen molar-refractivity contribution in [2.45, 2.75) is 46.3 Å². The summed E-state index contributed by atoms with van der Waals surface area (Å²) in [5, 5.41) is 10.6. The summed E-state index contributed by atoms with van der Waals surface area (Å²) in [7, 11) is 0. The number of carbonyl (C=O) groups is 1. The average molecular weight is 534 g/mol. The van der Waals surface area contributed by atoms with Gasteiger partial charge in [-0.05, 0) is 43.5 Å². The Bertz CT molecular complexity index is 1150. The van der Waals surface area contributed by atoms with Gasteiger partial charge in [-0.2, -0.15) is 4.39 Å². The van der Waals surface area contributed by atoms with E-state index >= 15 is 0 Å². The monoisotopic (exact) mass is 533 g/mol. The van der Waals surface area contributed by atoms with Crippen LogP contribution >= 0.6 is 0 Å². The molecule has 1 amide bonds. The predicted molar refractivity (Wildman–Crippen MR) is 140 cm³/mol. The molecule has 0 spiro atoms. The Balaban J connectivity index is 0.000000199. The zero-order valence-corrected chi connectivity index (χ0v) is 22.4. The highest BCUT2D eigenvalue weighted by molar-refractivity contribution is 5.94. The van der Waals surface area contributed by atoms with Gasteiger partial charge in [-0.1, -0.05) is 26.8 Å². The van der Waals surface area contributed by atoms with Crippen molar-refractivity contribution in [1.29, 1.82) is 0 Å². The minimum absolute atomic E-state index is 0.0294. The second kappa shape index (κ2) is 14.7. The number of aromatic nitrogens is 3. The number of nitrogens with zero attached hydrogens (tertiary/aromatic N) is 4. The lowest BCUT2D eigenvalue weighted by atomic mass is 10.0. The molecule has 38 heavy (non-hydrogen) atoms. The lowest BCUT2D eigenvalue weighted by molar-refractivity contribution is -0.126. The van der Waals surface area contributed by atoms with Crippen molar-refractivity contribution >= 4 is 17.2 Å². The molecular weight excluding hydrogens is 496 g/mol. The first-order valence-corrected chi connectivity index (χ1v) is 13.0. The predicted octanol–water partition coefficient (Wildman–Crippen LogP) is 4.18. The number of pyridine rings is 1. The maximum Gasteiger partial charge on any atom is 0.253 e. The van der Waals surface area contributed by atoms with Crippen LogP contribution in [0.1, 0.15) is 34.1 Å². The SMILES string of the molecule is CC.CC1CC(C(=O)Nc2ccc3nncn3c2)OC1C.Fc1cccc(OCCN2CCOCC2)c1F. The number of rotatable bonds is 6. The van der Waals surface area contributed by atoms with E-state index in [1.165, 1.54) is 12.1 Å². The molecule has 9 nitrogen and oxygen atoms in total. The highest BCUT2D eigenvalue weighted by Crippen LogP contribution is 2.26. The molecule has 1 N–H and O–H groups in total. The minimum atomic E-state index is -0.922. The quantitative estimate of drug-likeness (QED) is 0.508. The number of carbonyl (C=O) groups excluding carboxylic acids is 1. The minimum Gasteiger partial charge on any atom is -0.489 e. The van der Waals surface area contributed by atoms with Crippen LogP contribution in [0.2, 0.25) is 0 Å². The van der Waals surface area contributed by atoms with Gasteiger partial charge in [0, 0.05) is 25.8 Å². The van der Waals surface area contributed by atoms with Gasteiger partial charge in [0.15, 0.2) is 17.2 Å². The van der Waals surface area contributed by atoms with Crippen molar-refractivity contribution in [2.75, 3.05) is 44.8 Å². The highest BCUT2D eigenvalue weighted by atomic mass is 19.2. The van der Waals surface area contributed by atoms with Crippen molar-refractivity contribution in [3.63, 3.8) is 0 Å². The van der Waals surface area contributed by atoms with Crippen LogP contribution in [0, 0.1) is 17.6 Å². The molecule has 3 atom stereocenters. The second-order valence-electron chi connectivity index (χ2n) is 8.90. The number of morpholine rings is 1. The van der Waals surface area contributed by atoms with Crippen LogP contribution in [0.5, 0.6) is 5.75 Å². The Morgan fingerprint density at radius 3 is 2.63 bits per heavy atom. The van der Waals surface area contributed by atoms with Gasteiger partial charge in [0.1, 0.15) is 19.0 Å². The molecule has 208 valence electrons. The van der Waals surface area contributed by atoms with Crippen molar-refractivity contribution < 1.29 is 27.8 Å². The van der Waals surface area contributed by atoms with Gasteiger partial charge in [-0.3, -0.25) is 14.1 Å². The number of amides is 1. The van der Waals surface area contributed by atoms with Crippen LogP contribution in [-0.2, 0) is 14.3 Å². The first-order chi connectivity index (χ1) is 18.4. The van der Waals surface area contributed by atoms with Gasteiger partial charge in [0.25, 0.3) is 5.91 Å². The average Bonchev–Trinajstić information content (AvgIpc) is 3.54. The highest BCUT2D eigenvalue weighted by Gasteiger charge is 2.33. The molecule has 0 radical (unpaired) electrons. The molecule has 3 unspecified atom stereocenters. The number of hydrogen-bond donors (Lipinski definition) is 1. The van der Waals surface area contributed by atoms with Gasteiger partial charge in [0.05, 0.1) is 25.0 Å². The Morgan fingerprint density at radius 1 is 1.16 bits per heavy atom. The summed E-state index contributed by atoms with van der Waals surface area (Å²) in [6.45, 7) is 12.3. The largest absolute Gasteiger partial charge is 0.489 e. The molecule has 2 aliphatic heterocycles. The Morgan fingerprint density at radius 2 is 1.92 bits per heavy atom. The summed E-state index contributed by atoms with van der Waals surface area (Å²) in [4.78, 5) is 14.3. The first kappa shape index (κ1) is 29.4. The smallest absolute Gasteiger partial charge is 0.253 e. The van der Waals surface area contributed by atoms with Gasteiger partial charge in [0.2, 0.25) is 5.82 Å². The van der Waals surface area contributed by atoms with E-state index in [0.29, 0.717) is 38.0 Å². The van der Waals surface area contributed by atoms with Crippen LogP contribution in [0.4, 0.5) is 14.5 Å². The van der Waals surface area contributed by atoms with E-state index < -0.39 is 11.6 Å². The van der Waals surface area contributed by atoms with Crippen molar-refractivity contribution in [3.05, 3.63) is 54.5 Å². The van der Waals surface area contributed by atoms with Crippen LogP contribution < -0.4 is 10.1 Å². The summed E-state index contributed by atoms with van der Waals surface area (Å²) in [5.41, 5.74) is 1.46. The van der Waals surface area contributed by atoms with E-state index in [4.69, 9.17) is 14.2 Å². The molecule has 3 aromatic rings. The van der Waals surface area contributed by atoms with E-state index in [2.05, 4.69) is 27.3 Å². The molecule has 0 saturated carbocycles. The van der Waals surface area contributed by atoms with E-state index in [9.17, 15) is 13.6 Å². The number of ether oxygens (including phenoxy) is 3. The molecular formula is C27H37F2N5O4. The molecule has 2 aromatic heterocycles. The zero-order valence-electron chi connectivity index (χ0n) is 22.4. The van der Waals surface area contributed by atoms with E-state index in [-0.39, 0.29) is 23.9 Å². The van der Waals surface area contributed by atoms with Gasteiger partial charge < -0.3 is 19.5 Å². The van der Waals surface area contributed by atoms with Crippen molar-refractivity contribution in [2.24, 2.45) is 5.92 Å². The summed E-state index contributed by atoms with van der Waals surface area (Å²) in [5.74, 6) is -1.51. The fourth-order valence-corrected chi connectivity index (χ4v) is 3.98. The fourth-order valence-electron chi connectivity index (χ4n) is 3.98. The Kier molecular flexibility index (Phi) is 11.4. The third kappa shape index (κ3) is 8.17. The zero-order chi connectivity index (χ0) is 27.5. The summed E-state index contributed by atoms with van der Waals surface area (Å²) in [6.07, 6.45) is 3.93. The fraction of sp³-hybridized carbons (Fsp3) is 0.519. The summed E-state index contributed by atoms with van der Waals surface area (Å²) < 4.78 is 43.9.